The Hall–Kier alpha value is -2.74. The second-order valence-corrected chi connectivity index (χ2v) is 9.39. The maximum absolute atomic E-state index is 13.3. The Kier molecular flexibility index (Phi) is 7.42. The van der Waals surface area contributed by atoms with Gasteiger partial charge in [0, 0.05) is 42.1 Å². The van der Waals surface area contributed by atoms with Crippen molar-refractivity contribution >= 4 is 44.9 Å². The Labute approximate surface area is 203 Å². The van der Waals surface area contributed by atoms with Crippen LogP contribution in [-0.2, 0) is 0 Å². The van der Waals surface area contributed by atoms with E-state index in [9.17, 15) is 4.79 Å². The fourth-order valence-corrected chi connectivity index (χ4v) is 4.38. The molecule has 1 unspecified atom stereocenters. The highest BCUT2D eigenvalue weighted by Crippen LogP contribution is 2.24. The minimum absolute atomic E-state index is 0.0822. The van der Waals surface area contributed by atoms with Crippen LogP contribution < -0.4 is 10.1 Å². The summed E-state index contributed by atoms with van der Waals surface area (Å²) in [5.74, 6) is 0.733. The third kappa shape index (κ3) is 5.79. The first-order valence-electron chi connectivity index (χ1n) is 11.0. The lowest BCUT2D eigenvalue weighted by Crippen LogP contribution is -2.54. The van der Waals surface area contributed by atoms with Crippen molar-refractivity contribution < 1.29 is 9.53 Å². The van der Waals surface area contributed by atoms with Crippen molar-refractivity contribution in [1.29, 1.82) is 0 Å². The van der Waals surface area contributed by atoms with Crippen LogP contribution in [0.1, 0.15) is 21.6 Å². The number of rotatable bonds is 6. The quantitative estimate of drug-likeness (QED) is 0.541. The summed E-state index contributed by atoms with van der Waals surface area (Å²) in [7, 11) is 5.89. The molecule has 2 aromatic carbocycles. The minimum atomic E-state index is -0.0822. The third-order valence-electron chi connectivity index (χ3n) is 6.08. The van der Waals surface area contributed by atoms with Crippen LogP contribution in [-0.4, -0.2) is 74.1 Å². The van der Waals surface area contributed by atoms with E-state index in [1.54, 1.807) is 7.11 Å². The molecule has 1 fully saturated rings. The molecule has 7 heteroatoms. The predicted molar refractivity (Wildman–Crippen MR) is 138 cm³/mol. The summed E-state index contributed by atoms with van der Waals surface area (Å²) in [6, 6.07) is 15.8. The maximum Gasteiger partial charge on any atom is 0.252 e. The van der Waals surface area contributed by atoms with E-state index in [1.165, 1.54) is 0 Å². The number of carbonyl (C=O) groups is 1. The number of amides is 1. The van der Waals surface area contributed by atoms with Gasteiger partial charge in [-0.05, 0) is 62.1 Å². The van der Waals surface area contributed by atoms with E-state index >= 15 is 0 Å². The van der Waals surface area contributed by atoms with Gasteiger partial charge in [0.1, 0.15) is 5.75 Å². The van der Waals surface area contributed by atoms with Gasteiger partial charge in [0.2, 0.25) is 0 Å². The molecule has 6 nitrogen and oxygen atoms in total. The molecule has 1 aliphatic rings. The van der Waals surface area contributed by atoms with E-state index in [0.717, 1.165) is 52.0 Å². The van der Waals surface area contributed by atoms with Gasteiger partial charge in [-0.1, -0.05) is 34.1 Å². The first kappa shape index (κ1) is 23.4. The molecule has 172 valence electrons. The molecule has 1 aliphatic heterocycles. The van der Waals surface area contributed by atoms with Gasteiger partial charge in [-0.25, -0.2) is 4.98 Å². The van der Waals surface area contributed by atoms with Gasteiger partial charge in [0.15, 0.2) is 0 Å². The SMILES string of the molecule is COc1ccc(/C=C/c2cc(C(=O)NCC3CN(C)CCN3C)c3cc(Br)ccc3n2)cc1. The zero-order valence-electron chi connectivity index (χ0n) is 19.2. The van der Waals surface area contributed by atoms with Crippen LogP contribution in [0.4, 0.5) is 0 Å². The van der Waals surface area contributed by atoms with E-state index in [1.807, 2.05) is 60.7 Å². The van der Waals surface area contributed by atoms with Crippen LogP contribution in [0.15, 0.2) is 53.0 Å². The fraction of sp³-hybridized carbons (Fsp3) is 0.308. The van der Waals surface area contributed by atoms with E-state index in [4.69, 9.17) is 9.72 Å². The Morgan fingerprint density at radius 3 is 2.70 bits per heavy atom. The van der Waals surface area contributed by atoms with E-state index in [-0.39, 0.29) is 5.91 Å². The van der Waals surface area contributed by atoms with Crippen molar-refractivity contribution in [1.82, 2.24) is 20.1 Å². The molecule has 2 heterocycles. The largest absolute Gasteiger partial charge is 0.497 e. The van der Waals surface area contributed by atoms with Crippen LogP contribution in [0.25, 0.3) is 23.1 Å². The molecule has 0 bridgehead atoms. The number of halogens is 1. The van der Waals surface area contributed by atoms with Gasteiger partial charge in [-0.15, -0.1) is 0 Å². The first-order valence-corrected chi connectivity index (χ1v) is 11.8. The standard InChI is InChI=1S/C26H29BrN4O2/c1-30-12-13-31(2)21(17-30)16-28-26(32)24-15-20(29-25-11-7-19(27)14-23(24)25)8-4-18-5-9-22(33-3)10-6-18/h4-11,14-15,21H,12-13,16-17H2,1-3H3,(H,28,32)/b8-4+. The summed E-state index contributed by atoms with van der Waals surface area (Å²) < 4.78 is 6.14. The molecule has 1 aromatic heterocycles. The number of aromatic nitrogens is 1. The van der Waals surface area contributed by atoms with Crippen molar-refractivity contribution in [2.24, 2.45) is 0 Å². The van der Waals surface area contributed by atoms with Crippen LogP contribution in [0.2, 0.25) is 0 Å². The molecule has 1 saturated heterocycles. The second kappa shape index (κ2) is 10.5. The highest BCUT2D eigenvalue weighted by atomic mass is 79.9. The Morgan fingerprint density at radius 2 is 1.94 bits per heavy atom. The zero-order valence-corrected chi connectivity index (χ0v) is 20.8. The maximum atomic E-state index is 13.3. The second-order valence-electron chi connectivity index (χ2n) is 8.47. The summed E-state index contributed by atoms with van der Waals surface area (Å²) in [5, 5.41) is 3.99. The molecule has 4 rings (SSSR count). The van der Waals surface area contributed by atoms with Gasteiger partial charge in [-0.3, -0.25) is 9.69 Å². The van der Waals surface area contributed by atoms with Crippen LogP contribution in [0.3, 0.4) is 0 Å². The molecule has 0 spiro atoms. The Morgan fingerprint density at radius 1 is 1.15 bits per heavy atom. The van der Waals surface area contributed by atoms with Crippen LogP contribution >= 0.6 is 15.9 Å². The third-order valence-corrected chi connectivity index (χ3v) is 6.57. The number of hydrogen-bond donors (Lipinski definition) is 1. The van der Waals surface area contributed by atoms with Crippen LogP contribution in [0.5, 0.6) is 5.75 Å². The van der Waals surface area contributed by atoms with Gasteiger partial charge < -0.3 is 15.0 Å². The van der Waals surface area contributed by atoms with Crippen LogP contribution in [0, 0.1) is 0 Å². The average Bonchev–Trinajstić information content (AvgIpc) is 2.83. The Balaban J connectivity index is 1.59. The molecule has 0 aliphatic carbocycles. The predicted octanol–water partition coefficient (Wildman–Crippen LogP) is 4.15. The number of nitrogens with one attached hydrogen (secondary N) is 1. The lowest BCUT2D eigenvalue weighted by atomic mass is 10.1. The number of fused-ring (bicyclic) bond motifs is 1. The van der Waals surface area contributed by atoms with E-state index in [0.29, 0.717) is 18.2 Å². The highest BCUT2D eigenvalue weighted by molar-refractivity contribution is 9.10. The molecule has 1 atom stereocenters. The molecular formula is C26H29BrN4O2. The number of carbonyl (C=O) groups excluding carboxylic acids is 1. The van der Waals surface area contributed by atoms with Gasteiger partial charge in [-0.2, -0.15) is 0 Å². The molecule has 1 amide bonds. The summed E-state index contributed by atoms with van der Waals surface area (Å²) in [6.45, 7) is 3.60. The highest BCUT2D eigenvalue weighted by Gasteiger charge is 2.23. The van der Waals surface area contributed by atoms with Gasteiger partial charge in [0.25, 0.3) is 5.91 Å². The topological polar surface area (TPSA) is 57.7 Å². The lowest BCUT2D eigenvalue weighted by molar-refractivity contribution is 0.0882. The van der Waals surface area contributed by atoms with Crippen molar-refractivity contribution in [3.8, 4) is 5.75 Å². The normalized spacial score (nSPS) is 17.5. The fourth-order valence-electron chi connectivity index (χ4n) is 4.02. The summed E-state index contributed by atoms with van der Waals surface area (Å²) in [4.78, 5) is 22.6. The van der Waals surface area contributed by atoms with Crippen molar-refractivity contribution in [3.05, 3.63) is 69.8 Å². The molecule has 33 heavy (non-hydrogen) atoms. The average molecular weight is 509 g/mol. The number of hydrogen-bond acceptors (Lipinski definition) is 5. The summed E-state index contributed by atoms with van der Waals surface area (Å²) in [6.07, 6.45) is 3.92. The molecular weight excluding hydrogens is 480 g/mol. The molecule has 0 saturated carbocycles. The number of likely N-dealkylation sites (N-methyl/N-ethyl adjacent to an activating group) is 2. The summed E-state index contributed by atoms with van der Waals surface area (Å²) >= 11 is 3.53. The number of pyridine rings is 1. The number of nitrogens with zero attached hydrogens (tertiary/aromatic N) is 3. The zero-order chi connectivity index (χ0) is 23.4. The molecule has 0 radical (unpaired) electrons. The molecule has 3 aromatic rings. The van der Waals surface area contributed by atoms with Gasteiger partial charge >= 0.3 is 0 Å². The van der Waals surface area contributed by atoms with E-state index in [2.05, 4.69) is 45.1 Å². The number of benzene rings is 2. The molecule has 1 N–H and O–H groups in total. The number of methoxy groups -OCH3 is 1. The monoisotopic (exact) mass is 508 g/mol. The first-order chi connectivity index (χ1) is 15.9. The summed E-state index contributed by atoms with van der Waals surface area (Å²) in [5.41, 5.74) is 3.18. The van der Waals surface area contributed by atoms with E-state index < -0.39 is 0 Å². The lowest BCUT2D eigenvalue weighted by Gasteiger charge is -2.37. The van der Waals surface area contributed by atoms with Crippen molar-refractivity contribution in [2.75, 3.05) is 47.4 Å². The minimum Gasteiger partial charge on any atom is -0.497 e. The Bertz CT molecular complexity index is 1160. The van der Waals surface area contributed by atoms with Gasteiger partial charge in [0.05, 0.1) is 23.9 Å². The van der Waals surface area contributed by atoms with Crippen molar-refractivity contribution in [2.45, 2.75) is 6.04 Å². The smallest absolute Gasteiger partial charge is 0.252 e. The number of piperazine rings is 1. The van der Waals surface area contributed by atoms with Crippen molar-refractivity contribution in [3.63, 3.8) is 0 Å². The number of ether oxygens (including phenoxy) is 1.